The van der Waals surface area contributed by atoms with E-state index in [1.165, 1.54) is 5.46 Å². The summed E-state index contributed by atoms with van der Waals surface area (Å²) in [6.07, 6.45) is 0. The van der Waals surface area contributed by atoms with E-state index in [0.717, 1.165) is 195 Å². The van der Waals surface area contributed by atoms with E-state index in [2.05, 4.69) is 401 Å². The quantitative estimate of drug-likeness (QED) is 0.0904. The fraction of sp³-hybridized carbons (Fsp3) is 0.00952. The lowest BCUT2D eigenvalue weighted by molar-refractivity contribution is 1.16. The van der Waals surface area contributed by atoms with Gasteiger partial charge in [0.1, 0.15) is 0 Å². The van der Waals surface area contributed by atoms with Crippen molar-refractivity contribution in [2.75, 3.05) is 9.80 Å². The average molecular weight is 1420 g/mol. The van der Waals surface area contributed by atoms with Crippen LogP contribution in [0.5, 0.6) is 0 Å². The number of fused-ring (bicyclic) bond motifs is 10. The molecular weight excluding hydrogens is 1360 g/mol. The van der Waals surface area contributed by atoms with Crippen molar-refractivity contribution in [3.8, 4) is 106 Å². The third-order valence-corrected chi connectivity index (χ3v) is 22.9. The lowest BCUT2D eigenvalue weighted by atomic mass is 9.33. The van der Waals surface area contributed by atoms with Crippen LogP contribution < -0.4 is 26.2 Å². The predicted molar refractivity (Wildman–Crippen MR) is 468 cm³/mol. The normalized spacial score (nSPS) is 12.1. The molecule has 17 aromatic carbocycles. The molecule has 2 aromatic heterocycles. The highest BCUT2D eigenvalue weighted by molar-refractivity contribution is 7.00. The Balaban J connectivity index is 0.907. The van der Waals surface area contributed by atoms with Crippen LogP contribution in [-0.4, -0.2) is 15.8 Å². The van der Waals surface area contributed by atoms with Crippen LogP contribution in [0.2, 0.25) is 0 Å². The molecule has 0 aliphatic carbocycles. The number of nitriles is 1. The van der Waals surface area contributed by atoms with Crippen LogP contribution in [0.25, 0.3) is 149 Å². The maximum atomic E-state index is 10.5. The summed E-state index contributed by atoms with van der Waals surface area (Å²) in [6, 6.07) is 144. The molecule has 0 bridgehead atoms. The van der Waals surface area contributed by atoms with Crippen LogP contribution in [-0.2, 0) is 0 Å². The molecule has 0 saturated carbocycles. The Labute approximate surface area is 650 Å². The van der Waals surface area contributed by atoms with Crippen LogP contribution in [0.4, 0.5) is 39.8 Å². The van der Waals surface area contributed by atoms with Gasteiger partial charge in [-0.3, -0.25) is 0 Å². The van der Waals surface area contributed by atoms with Gasteiger partial charge in [-0.1, -0.05) is 285 Å². The van der Waals surface area contributed by atoms with Gasteiger partial charge in [-0.2, -0.15) is 5.26 Å². The molecule has 112 heavy (non-hydrogen) atoms. The summed E-state index contributed by atoms with van der Waals surface area (Å²) in [5, 5.41) is 14.7. The highest BCUT2D eigenvalue weighted by atomic mass is 15.2. The molecule has 520 valence electrons. The largest absolute Gasteiger partial charge is 0.310 e. The number of aromatic nitrogens is 2. The summed E-state index contributed by atoms with van der Waals surface area (Å²) in [6.45, 7) is 10.2. The fourth-order valence-electron chi connectivity index (χ4n) is 18.0. The van der Waals surface area contributed by atoms with Gasteiger partial charge in [-0.25, -0.2) is 4.85 Å². The molecule has 0 atom stereocenters. The van der Waals surface area contributed by atoms with E-state index >= 15 is 0 Å². The second-order valence-corrected chi connectivity index (χ2v) is 29.4. The van der Waals surface area contributed by atoms with Crippen molar-refractivity contribution in [1.82, 2.24) is 9.13 Å². The molecule has 0 saturated heterocycles. The number of aryl methyl sites for hydroxylation is 1. The first-order valence-electron chi connectivity index (χ1n) is 38.1. The summed E-state index contributed by atoms with van der Waals surface area (Å²) in [4.78, 5) is 9.25. The SMILES string of the molecule is [C-]#[N+]c1ccc2c(c1)c1ccccc1n2-c1ccc2c(c1)N(c1c(-c3cccc(-c4ccccc4)c3)cccc1-c1cccc(-c3ccccc3)c1)c1cc(C)cc3c1B2c1ccc(-n2c4ccccc4c4cc(C#N)ccc42)cc1N3c1c(-c2cccc(-c3ccccc3)c2)cccc1-c1cccc(-c2ccccc2)c1. The second kappa shape index (κ2) is 26.7. The number of hydrogen-bond acceptors (Lipinski definition) is 3. The van der Waals surface area contributed by atoms with Crippen LogP contribution in [0.3, 0.4) is 0 Å². The average Bonchev–Trinajstić information content (AvgIpc) is 0.744. The fourth-order valence-corrected chi connectivity index (χ4v) is 18.0. The minimum Gasteiger partial charge on any atom is -0.310 e. The zero-order chi connectivity index (χ0) is 74.5. The molecule has 0 fully saturated rings. The third-order valence-electron chi connectivity index (χ3n) is 22.9. The third kappa shape index (κ3) is 10.8. The minimum absolute atomic E-state index is 0.334. The number of nitrogens with zero attached hydrogens (tertiary/aromatic N) is 6. The molecule has 4 heterocycles. The van der Waals surface area contributed by atoms with E-state index in [9.17, 15) is 5.26 Å². The van der Waals surface area contributed by atoms with E-state index in [1.807, 2.05) is 24.3 Å². The van der Waals surface area contributed by atoms with E-state index < -0.39 is 0 Å². The Morgan fingerprint density at radius 3 is 1.02 bits per heavy atom. The second-order valence-electron chi connectivity index (χ2n) is 29.4. The molecule has 2 aliphatic rings. The van der Waals surface area contributed by atoms with Crippen molar-refractivity contribution in [2.45, 2.75) is 6.92 Å². The summed E-state index contributed by atoms with van der Waals surface area (Å²) < 4.78 is 4.80. The highest BCUT2D eigenvalue weighted by Crippen LogP contribution is 2.55. The number of hydrogen-bond donors (Lipinski definition) is 0. The Morgan fingerprint density at radius 1 is 0.286 bits per heavy atom. The van der Waals surface area contributed by atoms with Gasteiger partial charge < -0.3 is 18.9 Å². The van der Waals surface area contributed by atoms with Gasteiger partial charge in [0.25, 0.3) is 6.71 Å². The van der Waals surface area contributed by atoms with E-state index in [-0.39, 0.29) is 6.71 Å². The number of benzene rings is 17. The maximum absolute atomic E-state index is 10.5. The Bertz CT molecular complexity index is 6500. The Kier molecular flexibility index (Phi) is 15.6. The van der Waals surface area contributed by atoms with Crippen molar-refractivity contribution in [1.29, 1.82) is 5.26 Å². The first-order chi connectivity index (χ1) is 55.4. The van der Waals surface area contributed by atoms with Crippen LogP contribution >= 0.6 is 0 Å². The summed E-state index contributed by atoms with van der Waals surface area (Å²) in [5.74, 6) is 0. The molecule has 0 unspecified atom stereocenters. The lowest BCUT2D eigenvalue weighted by Crippen LogP contribution is -2.61. The van der Waals surface area contributed by atoms with E-state index in [0.29, 0.717) is 11.3 Å². The van der Waals surface area contributed by atoms with Crippen molar-refractivity contribution in [2.24, 2.45) is 0 Å². The minimum atomic E-state index is -0.334. The first-order valence-corrected chi connectivity index (χ1v) is 38.1. The maximum Gasteiger partial charge on any atom is 0.252 e. The number of anilines is 6. The first kappa shape index (κ1) is 65.3. The standard InChI is InChI=1S/C105H67BN6/c1-68-57-101-103-102(58-68)112(105-87(80-39-21-35-76(62-80)72-29-11-5-12-30-72)45-24-46-88(105)81-40-22-36-77(63-81)73-31-13-6-14-32-73)100-66-84(110-96-48-18-16-42-90(96)92-64-82(108-2)50-56-98(92)110)52-54-94(100)106(103)93-53-51-83(109-95-47-17-15-41-89(95)91-59-69(67-107)49-55-97(91)109)65-99(93)111(101)104-85(78-37-19-33-74(60-78)70-25-7-3-8-26-70)43-23-44-86(104)79-38-20-34-75(61-79)71-27-9-4-10-28-71/h3-66H,1H3. The van der Waals surface area contributed by atoms with E-state index in [1.54, 1.807) is 0 Å². The summed E-state index contributed by atoms with van der Waals surface area (Å²) >= 11 is 0. The molecule has 0 spiro atoms. The molecule has 0 radical (unpaired) electrons. The highest BCUT2D eigenvalue weighted by Gasteiger charge is 2.46. The monoisotopic (exact) mass is 1420 g/mol. The molecule has 0 N–H and O–H groups in total. The van der Waals surface area contributed by atoms with Crippen LogP contribution in [0.15, 0.2) is 388 Å². The van der Waals surface area contributed by atoms with Gasteiger partial charge in [0, 0.05) is 72.5 Å². The zero-order valence-corrected chi connectivity index (χ0v) is 61.2. The Morgan fingerprint density at radius 2 is 0.625 bits per heavy atom. The molecule has 19 aromatic rings. The zero-order valence-electron chi connectivity index (χ0n) is 61.2. The van der Waals surface area contributed by atoms with Crippen molar-refractivity contribution in [3.63, 3.8) is 0 Å². The Hall–Kier alpha value is -15.0. The molecule has 7 heteroatoms. The predicted octanol–water partition coefficient (Wildman–Crippen LogP) is 26.0. The van der Waals surface area contributed by atoms with Gasteiger partial charge >= 0.3 is 0 Å². The van der Waals surface area contributed by atoms with Gasteiger partial charge in [0.2, 0.25) is 0 Å². The summed E-state index contributed by atoms with van der Waals surface area (Å²) in [7, 11) is 0. The molecular formula is C105H67BN6. The topological polar surface area (TPSA) is 44.5 Å². The van der Waals surface area contributed by atoms with Crippen LogP contribution in [0.1, 0.15) is 11.1 Å². The summed E-state index contributed by atoms with van der Waals surface area (Å²) in [5.41, 5.74) is 35.8. The van der Waals surface area contributed by atoms with Gasteiger partial charge in [-0.05, 0) is 204 Å². The molecule has 2 aliphatic heterocycles. The van der Waals surface area contributed by atoms with Gasteiger partial charge in [0.15, 0.2) is 5.69 Å². The molecule has 6 nitrogen and oxygen atoms in total. The molecule has 0 amide bonds. The smallest absolute Gasteiger partial charge is 0.252 e. The van der Waals surface area contributed by atoms with Crippen LogP contribution in [0, 0.1) is 24.8 Å². The van der Waals surface area contributed by atoms with Crippen molar-refractivity contribution < 1.29 is 0 Å². The lowest BCUT2D eigenvalue weighted by Gasteiger charge is -2.46. The van der Waals surface area contributed by atoms with E-state index in [4.69, 9.17) is 6.57 Å². The van der Waals surface area contributed by atoms with Gasteiger partial charge in [0.05, 0.1) is 51.6 Å². The molecule has 21 rings (SSSR count). The van der Waals surface area contributed by atoms with Crippen molar-refractivity contribution >= 4 is 107 Å². The number of rotatable bonds is 12. The van der Waals surface area contributed by atoms with Gasteiger partial charge in [-0.15, -0.1) is 0 Å². The number of para-hydroxylation sites is 4. The van der Waals surface area contributed by atoms with Crippen molar-refractivity contribution in [3.05, 3.63) is 411 Å².